The predicted octanol–water partition coefficient (Wildman–Crippen LogP) is 6.08. The molecular weight excluding hydrogens is 570 g/mol. The molecular formula is C30H27F4N5O2S. The number of hydrogen-bond donors (Lipinski definition) is 0. The van der Waals surface area contributed by atoms with Gasteiger partial charge in [0, 0.05) is 18.5 Å². The van der Waals surface area contributed by atoms with Gasteiger partial charge in [0.2, 0.25) is 5.91 Å². The molecule has 0 fully saturated rings. The molecule has 0 N–H and O–H groups in total. The van der Waals surface area contributed by atoms with Gasteiger partial charge in [0.25, 0.3) is 5.56 Å². The van der Waals surface area contributed by atoms with Crippen molar-refractivity contribution in [3.63, 3.8) is 0 Å². The summed E-state index contributed by atoms with van der Waals surface area (Å²) in [5, 5.41) is 9.72. The van der Waals surface area contributed by atoms with Crippen LogP contribution in [0, 0.1) is 17.1 Å². The topological polar surface area (TPSA) is 91.9 Å². The van der Waals surface area contributed by atoms with E-state index < -0.39 is 41.5 Å². The van der Waals surface area contributed by atoms with Gasteiger partial charge < -0.3 is 4.90 Å². The first kappa shape index (κ1) is 30.7. The zero-order valence-electron chi connectivity index (χ0n) is 23.0. The third kappa shape index (κ3) is 6.79. The SMILES string of the molecule is CC(C)SCCN(C(=O)Cc1ccc(F)c(C(F)(F)F)c1)[C@H](C)c1nc2ncccc2c(=O)n1-c1ccc(C#N)cc1. The number of fused-ring (bicyclic) bond motifs is 1. The maximum atomic E-state index is 13.9. The van der Waals surface area contributed by atoms with Crippen molar-refractivity contribution in [2.75, 3.05) is 12.3 Å². The van der Waals surface area contributed by atoms with Crippen LogP contribution in [0.1, 0.15) is 49.3 Å². The Morgan fingerprint density at radius 1 is 1.12 bits per heavy atom. The summed E-state index contributed by atoms with van der Waals surface area (Å²) in [6.45, 7) is 5.88. The van der Waals surface area contributed by atoms with Gasteiger partial charge in [-0.25, -0.2) is 14.4 Å². The molecule has 2 aromatic carbocycles. The summed E-state index contributed by atoms with van der Waals surface area (Å²) in [7, 11) is 0. The number of alkyl halides is 3. The van der Waals surface area contributed by atoms with Crippen LogP contribution in [0.3, 0.4) is 0 Å². The number of nitriles is 1. The molecule has 0 unspecified atom stereocenters. The van der Waals surface area contributed by atoms with Crippen molar-refractivity contribution in [3.8, 4) is 11.8 Å². The van der Waals surface area contributed by atoms with Crippen molar-refractivity contribution in [1.29, 1.82) is 5.26 Å². The first-order valence-electron chi connectivity index (χ1n) is 13.1. The van der Waals surface area contributed by atoms with Crippen molar-refractivity contribution in [2.24, 2.45) is 0 Å². The Labute approximate surface area is 243 Å². The van der Waals surface area contributed by atoms with Crippen LogP contribution >= 0.6 is 11.8 Å². The number of pyridine rings is 1. The van der Waals surface area contributed by atoms with Crippen molar-refractivity contribution >= 4 is 28.7 Å². The molecule has 12 heteroatoms. The van der Waals surface area contributed by atoms with Crippen LogP contribution in [0.2, 0.25) is 0 Å². The van der Waals surface area contributed by atoms with Crippen molar-refractivity contribution in [3.05, 3.63) is 99.5 Å². The van der Waals surface area contributed by atoms with E-state index in [0.717, 1.165) is 6.07 Å². The van der Waals surface area contributed by atoms with Crippen LogP contribution < -0.4 is 5.56 Å². The summed E-state index contributed by atoms with van der Waals surface area (Å²) in [6.07, 6.45) is -3.85. The van der Waals surface area contributed by atoms with Crippen LogP contribution in [0.5, 0.6) is 0 Å². The Bertz CT molecular complexity index is 1700. The number of carbonyl (C=O) groups is 1. The summed E-state index contributed by atoms with van der Waals surface area (Å²) in [4.78, 5) is 37.8. The summed E-state index contributed by atoms with van der Waals surface area (Å²) in [5.74, 6) is -1.24. The van der Waals surface area contributed by atoms with E-state index in [1.165, 1.54) is 15.7 Å². The third-order valence-electron chi connectivity index (χ3n) is 6.56. The summed E-state index contributed by atoms with van der Waals surface area (Å²) >= 11 is 1.59. The number of rotatable bonds is 9. The monoisotopic (exact) mass is 597 g/mol. The number of amides is 1. The zero-order valence-corrected chi connectivity index (χ0v) is 23.8. The van der Waals surface area contributed by atoms with E-state index in [2.05, 4.69) is 9.97 Å². The van der Waals surface area contributed by atoms with E-state index in [-0.39, 0.29) is 34.2 Å². The Balaban J connectivity index is 1.80. The molecule has 2 heterocycles. The van der Waals surface area contributed by atoms with E-state index in [0.29, 0.717) is 29.1 Å². The fourth-order valence-electron chi connectivity index (χ4n) is 4.49. The van der Waals surface area contributed by atoms with Gasteiger partial charge in [0.1, 0.15) is 11.6 Å². The Morgan fingerprint density at radius 2 is 1.83 bits per heavy atom. The Morgan fingerprint density at radius 3 is 2.48 bits per heavy atom. The lowest BCUT2D eigenvalue weighted by atomic mass is 10.1. The second-order valence-electron chi connectivity index (χ2n) is 9.82. The standard InChI is InChI=1S/C30H27F4N5O2S/c1-18(2)42-14-13-38(26(40)16-21-8-11-25(31)24(15-21)30(32,33)34)19(3)28-37-27-23(5-4-12-36-27)29(41)39(28)22-9-6-20(17-35)7-10-22/h4-12,15,18-19H,13-14,16H2,1-3H3/t19-/m1/s1. The van der Waals surface area contributed by atoms with E-state index in [9.17, 15) is 32.4 Å². The molecule has 1 amide bonds. The second-order valence-corrected chi connectivity index (χ2v) is 11.5. The van der Waals surface area contributed by atoms with Crippen molar-refractivity contribution in [1.82, 2.24) is 19.4 Å². The van der Waals surface area contributed by atoms with Gasteiger partial charge in [0.15, 0.2) is 5.65 Å². The summed E-state index contributed by atoms with van der Waals surface area (Å²) in [5.41, 5.74) is -0.906. The first-order chi connectivity index (χ1) is 19.9. The molecule has 1 atom stereocenters. The molecule has 0 aliphatic rings. The molecule has 42 heavy (non-hydrogen) atoms. The molecule has 0 aliphatic carbocycles. The molecule has 0 saturated heterocycles. The van der Waals surface area contributed by atoms with Gasteiger partial charge in [-0.2, -0.15) is 30.2 Å². The highest BCUT2D eigenvalue weighted by Crippen LogP contribution is 2.32. The number of benzene rings is 2. The van der Waals surface area contributed by atoms with Crippen LogP contribution in [0.4, 0.5) is 17.6 Å². The van der Waals surface area contributed by atoms with E-state index in [1.54, 1.807) is 55.1 Å². The van der Waals surface area contributed by atoms with Crippen LogP contribution in [-0.2, 0) is 17.4 Å². The lowest BCUT2D eigenvalue weighted by Gasteiger charge is -2.31. The smallest absolute Gasteiger partial charge is 0.332 e. The zero-order chi connectivity index (χ0) is 30.6. The highest BCUT2D eigenvalue weighted by atomic mass is 32.2. The molecule has 0 spiro atoms. The molecule has 0 aliphatic heterocycles. The van der Waals surface area contributed by atoms with E-state index >= 15 is 0 Å². The number of hydrogen-bond acceptors (Lipinski definition) is 6. The molecule has 0 bridgehead atoms. The minimum absolute atomic E-state index is 0.0000534. The van der Waals surface area contributed by atoms with Gasteiger partial charge in [-0.15, -0.1) is 0 Å². The molecule has 218 valence electrons. The van der Waals surface area contributed by atoms with E-state index in [4.69, 9.17) is 0 Å². The van der Waals surface area contributed by atoms with Crippen LogP contribution in [0.15, 0.2) is 65.6 Å². The largest absolute Gasteiger partial charge is 0.419 e. The Hall–Kier alpha value is -4.24. The number of carbonyl (C=O) groups excluding carboxylic acids is 1. The van der Waals surface area contributed by atoms with Crippen molar-refractivity contribution in [2.45, 2.75) is 44.7 Å². The van der Waals surface area contributed by atoms with Gasteiger partial charge >= 0.3 is 6.18 Å². The minimum atomic E-state index is -4.91. The average molecular weight is 598 g/mol. The lowest BCUT2D eigenvalue weighted by Crippen LogP contribution is -2.39. The minimum Gasteiger partial charge on any atom is -0.332 e. The molecule has 0 saturated carbocycles. The lowest BCUT2D eigenvalue weighted by molar-refractivity contribution is -0.140. The van der Waals surface area contributed by atoms with Gasteiger partial charge in [-0.05, 0) is 66.3 Å². The fraction of sp³-hybridized carbons (Fsp3) is 0.300. The summed E-state index contributed by atoms with van der Waals surface area (Å²) < 4.78 is 55.2. The second kappa shape index (κ2) is 12.7. The van der Waals surface area contributed by atoms with E-state index in [1.807, 2.05) is 19.9 Å². The normalized spacial score (nSPS) is 12.4. The fourth-order valence-corrected chi connectivity index (χ4v) is 5.26. The van der Waals surface area contributed by atoms with Gasteiger partial charge in [-0.3, -0.25) is 14.2 Å². The molecule has 7 nitrogen and oxygen atoms in total. The molecule has 0 radical (unpaired) electrons. The predicted molar refractivity (Wildman–Crippen MR) is 153 cm³/mol. The highest BCUT2D eigenvalue weighted by molar-refractivity contribution is 7.99. The molecule has 2 aromatic heterocycles. The van der Waals surface area contributed by atoms with Crippen molar-refractivity contribution < 1.29 is 22.4 Å². The number of aromatic nitrogens is 3. The van der Waals surface area contributed by atoms with Crippen LogP contribution in [0.25, 0.3) is 16.7 Å². The number of halogens is 4. The highest BCUT2D eigenvalue weighted by Gasteiger charge is 2.35. The quantitative estimate of drug-likeness (QED) is 0.217. The molecule has 4 aromatic rings. The maximum absolute atomic E-state index is 13.9. The average Bonchev–Trinajstić information content (AvgIpc) is 2.95. The Kier molecular flexibility index (Phi) is 9.31. The first-order valence-corrected chi connectivity index (χ1v) is 14.1. The number of thioether (sulfide) groups is 1. The summed E-state index contributed by atoms with van der Waals surface area (Å²) in [6, 6.07) is 13.2. The molecule has 4 rings (SSSR count). The third-order valence-corrected chi connectivity index (χ3v) is 7.65. The van der Waals surface area contributed by atoms with Crippen LogP contribution in [-0.4, -0.2) is 42.9 Å². The van der Waals surface area contributed by atoms with Gasteiger partial charge in [-0.1, -0.05) is 19.9 Å². The maximum Gasteiger partial charge on any atom is 0.419 e. The van der Waals surface area contributed by atoms with Gasteiger partial charge in [0.05, 0.1) is 40.7 Å². The number of nitrogens with zero attached hydrogens (tertiary/aromatic N) is 5.